The summed E-state index contributed by atoms with van der Waals surface area (Å²) in [5.41, 5.74) is 1.36. The number of nitrogens with zero attached hydrogens (tertiary/aromatic N) is 3. The number of pyridine rings is 1. The maximum absolute atomic E-state index is 13.0. The molecule has 1 amide bonds. The predicted molar refractivity (Wildman–Crippen MR) is 102 cm³/mol. The second-order valence-corrected chi connectivity index (χ2v) is 6.74. The number of carbonyl (C=O) groups is 1. The Morgan fingerprint density at radius 1 is 1.14 bits per heavy atom. The standard InChI is InChI=1S/C20H22FN5O2/c1-12(2)20-25-18(26-28-20)11-23-19(27)15-6-9-17(22-10-15)24-13(3)14-4-7-16(21)8-5-14/h4-10,12-13H,11H2,1-3H3,(H,22,24)(H,23,27). The summed E-state index contributed by atoms with van der Waals surface area (Å²) in [6, 6.07) is 9.62. The van der Waals surface area contributed by atoms with Crippen LogP contribution in [0, 0.1) is 5.82 Å². The minimum Gasteiger partial charge on any atom is -0.364 e. The number of carbonyl (C=O) groups excluding carboxylic acids is 1. The number of aromatic nitrogens is 3. The highest BCUT2D eigenvalue weighted by Gasteiger charge is 2.12. The van der Waals surface area contributed by atoms with E-state index in [1.165, 1.54) is 18.3 Å². The van der Waals surface area contributed by atoms with Crippen LogP contribution in [0.3, 0.4) is 0 Å². The van der Waals surface area contributed by atoms with Crippen LogP contribution in [0.4, 0.5) is 10.2 Å². The number of hydrogen-bond donors (Lipinski definition) is 2. The van der Waals surface area contributed by atoms with Gasteiger partial charge >= 0.3 is 0 Å². The first kappa shape index (κ1) is 19.5. The van der Waals surface area contributed by atoms with Crippen LogP contribution >= 0.6 is 0 Å². The highest BCUT2D eigenvalue weighted by atomic mass is 19.1. The molecule has 2 aromatic heterocycles. The van der Waals surface area contributed by atoms with Crippen molar-refractivity contribution in [3.63, 3.8) is 0 Å². The van der Waals surface area contributed by atoms with E-state index in [1.807, 2.05) is 20.8 Å². The van der Waals surface area contributed by atoms with Gasteiger partial charge in [-0.05, 0) is 36.8 Å². The fourth-order valence-corrected chi connectivity index (χ4v) is 2.51. The summed E-state index contributed by atoms with van der Waals surface area (Å²) >= 11 is 0. The number of anilines is 1. The molecule has 1 atom stereocenters. The molecule has 28 heavy (non-hydrogen) atoms. The third-order valence-corrected chi connectivity index (χ3v) is 4.14. The van der Waals surface area contributed by atoms with E-state index in [-0.39, 0.29) is 30.2 Å². The molecule has 3 aromatic rings. The van der Waals surface area contributed by atoms with E-state index in [0.29, 0.717) is 23.1 Å². The monoisotopic (exact) mass is 383 g/mol. The Labute approximate surface area is 162 Å². The number of rotatable bonds is 7. The molecule has 1 aromatic carbocycles. The Kier molecular flexibility index (Phi) is 5.98. The Morgan fingerprint density at radius 3 is 2.50 bits per heavy atom. The number of nitrogens with one attached hydrogen (secondary N) is 2. The molecule has 0 fully saturated rings. The van der Waals surface area contributed by atoms with Crippen molar-refractivity contribution < 1.29 is 13.7 Å². The number of halogens is 1. The molecule has 2 heterocycles. The normalized spacial score (nSPS) is 12.0. The summed E-state index contributed by atoms with van der Waals surface area (Å²) in [4.78, 5) is 20.7. The van der Waals surface area contributed by atoms with Crippen LogP contribution in [0.15, 0.2) is 47.1 Å². The quantitative estimate of drug-likeness (QED) is 0.644. The highest BCUT2D eigenvalue weighted by molar-refractivity contribution is 5.93. The lowest BCUT2D eigenvalue weighted by atomic mass is 10.1. The molecule has 2 N–H and O–H groups in total. The Hall–Kier alpha value is -3.29. The van der Waals surface area contributed by atoms with Crippen LogP contribution in [-0.2, 0) is 6.54 Å². The molecular weight excluding hydrogens is 361 g/mol. The molecular formula is C20H22FN5O2. The number of hydrogen-bond acceptors (Lipinski definition) is 6. The summed E-state index contributed by atoms with van der Waals surface area (Å²) in [5, 5.41) is 9.79. The predicted octanol–water partition coefficient (Wildman–Crippen LogP) is 3.83. The van der Waals surface area contributed by atoms with E-state index in [1.54, 1.807) is 24.3 Å². The van der Waals surface area contributed by atoms with Gasteiger partial charge in [-0.3, -0.25) is 4.79 Å². The van der Waals surface area contributed by atoms with Crippen molar-refractivity contribution in [2.75, 3.05) is 5.32 Å². The van der Waals surface area contributed by atoms with E-state index in [0.717, 1.165) is 5.56 Å². The van der Waals surface area contributed by atoms with Crippen molar-refractivity contribution in [3.8, 4) is 0 Å². The molecule has 0 aliphatic carbocycles. The maximum atomic E-state index is 13.0. The average molecular weight is 383 g/mol. The van der Waals surface area contributed by atoms with Crippen LogP contribution in [0.25, 0.3) is 0 Å². The van der Waals surface area contributed by atoms with Gasteiger partial charge in [0.2, 0.25) is 5.89 Å². The smallest absolute Gasteiger partial charge is 0.253 e. The van der Waals surface area contributed by atoms with Gasteiger partial charge in [0.25, 0.3) is 5.91 Å². The minimum atomic E-state index is -0.276. The molecule has 1 unspecified atom stereocenters. The fourth-order valence-electron chi connectivity index (χ4n) is 2.51. The average Bonchev–Trinajstić information content (AvgIpc) is 3.16. The van der Waals surface area contributed by atoms with Gasteiger partial charge in [-0.15, -0.1) is 0 Å². The topological polar surface area (TPSA) is 92.9 Å². The summed E-state index contributed by atoms with van der Waals surface area (Å²) in [7, 11) is 0. The lowest BCUT2D eigenvalue weighted by molar-refractivity contribution is 0.0949. The summed E-state index contributed by atoms with van der Waals surface area (Å²) < 4.78 is 18.1. The van der Waals surface area contributed by atoms with E-state index >= 15 is 0 Å². The fraction of sp³-hybridized carbons (Fsp3) is 0.300. The zero-order chi connectivity index (χ0) is 20.1. The SMILES string of the molecule is CC(C)c1nc(CNC(=O)c2ccc(NC(C)c3ccc(F)cc3)nc2)no1. The van der Waals surface area contributed by atoms with Crippen molar-refractivity contribution in [3.05, 3.63) is 71.3 Å². The Bertz CT molecular complexity index is 923. The summed E-state index contributed by atoms with van der Waals surface area (Å²) in [5.74, 6) is 1.17. The van der Waals surface area contributed by atoms with E-state index in [9.17, 15) is 9.18 Å². The molecule has 0 aliphatic heterocycles. The first-order valence-electron chi connectivity index (χ1n) is 9.01. The molecule has 146 valence electrons. The van der Waals surface area contributed by atoms with Gasteiger partial charge < -0.3 is 15.2 Å². The Balaban J connectivity index is 1.55. The second-order valence-electron chi connectivity index (χ2n) is 6.74. The lowest BCUT2D eigenvalue weighted by Gasteiger charge is -2.15. The largest absolute Gasteiger partial charge is 0.364 e. The molecule has 3 rings (SSSR count). The highest BCUT2D eigenvalue weighted by Crippen LogP contribution is 2.18. The first-order valence-corrected chi connectivity index (χ1v) is 9.01. The lowest BCUT2D eigenvalue weighted by Crippen LogP contribution is -2.23. The van der Waals surface area contributed by atoms with E-state index in [4.69, 9.17) is 4.52 Å². The van der Waals surface area contributed by atoms with E-state index < -0.39 is 0 Å². The van der Waals surface area contributed by atoms with Gasteiger partial charge in [-0.25, -0.2) is 9.37 Å². The minimum absolute atomic E-state index is 0.0545. The molecule has 0 spiro atoms. The van der Waals surface area contributed by atoms with Crippen LogP contribution in [0.2, 0.25) is 0 Å². The van der Waals surface area contributed by atoms with E-state index in [2.05, 4.69) is 25.8 Å². The van der Waals surface area contributed by atoms with Crippen LogP contribution in [-0.4, -0.2) is 21.0 Å². The Morgan fingerprint density at radius 2 is 1.89 bits per heavy atom. The van der Waals surface area contributed by atoms with Gasteiger partial charge in [0.15, 0.2) is 5.82 Å². The van der Waals surface area contributed by atoms with Gasteiger partial charge in [0.05, 0.1) is 12.1 Å². The molecule has 0 bridgehead atoms. The van der Waals surface area contributed by atoms with Crippen molar-refractivity contribution in [1.29, 1.82) is 0 Å². The van der Waals surface area contributed by atoms with Crippen molar-refractivity contribution in [2.24, 2.45) is 0 Å². The number of amides is 1. The number of benzene rings is 1. The van der Waals surface area contributed by atoms with Gasteiger partial charge in [-0.1, -0.05) is 31.1 Å². The van der Waals surface area contributed by atoms with Gasteiger partial charge in [0.1, 0.15) is 11.6 Å². The van der Waals surface area contributed by atoms with Crippen LogP contribution in [0.1, 0.15) is 60.4 Å². The zero-order valence-electron chi connectivity index (χ0n) is 15.9. The maximum Gasteiger partial charge on any atom is 0.253 e. The molecule has 8 heteroatoms. The summed E-state index contributed by atoms with van der Waals surface area (Å²) in [6.45, 7) is 6.03. The first-order chi connectivity index (χ1) is 13.4. The molecule has 0 saturated heterocycles. The van der Waals surface area contributed by atoms with Crippen molar-refractivity contribution >= 4 is 11.7 Å². The van der Waals surface area contributed by atoms with Gasteiger partial charge in [0, 0.05) is 18.2 Å². The molecule has 7 nitrogen and oxygen atoms in total. The third kappa shape index (κ3) is 4.91. The molecule has 0 saturated carbocycles. The molecule has 0 radical (unpaired) electrons. The second kappa shape index (κ2) is 8.60. The summed E-state index contributed by atoms with van der Waals surface area (Å²) in [6.07, 6.45) is 1.49. The zero-order valence-corrected chi connectivity index (χ0v) is 15.9. The van der Waals surface area contributed by atoms with Crippen molar-refractivity contribution in [2.45, 2.75) is 39.3 Å². The van der Waals surface area contributed by atoms with Crippen LogP contribution in [0.5, 0.6) is 0 Å². The third-order valence-electron chi connectivity index (χ3n) is 4.14. The van der Waals surface area contributed by atoms with Crippen LogP contribution < -0.4 is 10.6 Å². The van der Waals surface area contributed by atoms with Gasteiger partial charge in [-0.2, -0.15) is 4.98 Å². The van der Waals surface area contributed by atoms with Crippen molar-refractivity contribution in [1.82, 2.24) is 20.4 Å². The molecule has 0 aliphatic rings.